The fraction of sp³-hybridized carbons (Fsp3) is 0.333. The Hall–Kier alpha value is -1.84. The number of para-hydroxylation sites is 1. The van der Waals surface area contributed by atoms with Crippen molar-refractivity contribution in [2.24, 2.45) is 0 Å². The van der Waals surface area contributed by atoms with Crippen LogP contribution in [0.2, 0.25) is 0 Å². The number of nitrogens with zero attached hydrogens (tertiary/aromatic N) is 3. The molecule has 2 aromatic rings. The molecule has 0 unspecified atom stereocenters. The molecule has 0 amide bonds. The summed E-state index contributed by atoms with van der Waals surface area (Å²) in [5.41, 5.74) is 0.759. The summed E-state index contributed by atoms with van der Waals surface area (Å²) in [4.78, 5) is 16.7. The van der Waals surface area contributed by atoms with Crippen molar-refractivity contribution in [3.05, 3.63) is 40.4 Å². The van der Waals surface area contributed by atoms with Crippen molar-refractivity contribution in [2.45, 2.75) is 13.3 Å². The fourth-order valence-electron chi connectivity index (χ4n) is 1.81. The maximum atomic E-state index is 12.2. The second-order valence-corrected chi connectivity index (χ2v) is 3.86. The molecule has 4 nitrogen and oxygen atoms in total. The molecule has 1 aromatic carbocycles. The van der Waals surface area contributed by atoms with Crippen LogP contribution in [0.15, 0.2) is 29.1 Å². The number of fused-ring (bicyclic) bond motifs is 1. The molecule has 0 radical (unpaired) electrons. The first kappa shape index (κ1) is 10.7. The zero-order valence-electron chi connectivity index (χ0n) is 9.77. The lowest BCUT2D eigenvalue weighted by Gasteiger charge is -2.19. The average Bonchev–Trinajstić information content (AvgIpc) is 2.28. The minimum atomic E-state index is -0.00699. The highest BCUT2D eigenvalue weighted by atomic mass is 16.1. The lowest BCUT2D eigenvalue weighted by Crippen LogP contribution is -2.39. The molecule has 1 heterocycles. The molecule has 4 heteroatoms. The molecule has 0 N–H and O–H groups in total. The van der Waals surface area contributed by atoms with Crippen molar-refractivity contribution in [1.29, 1.82) is 0 Å². The van der Waals surface area contributed by atoms with Gasteiger partial charge in [-0.05, 0) is 12.1 Å². The number of hydrogen-bond acceptors (Lipinski definition) is 3. The molecule has 0 spiro atoms. The van der Waals surface area contributed by atoms with E-state index in [9.17, 15) is 4.79 Å². The summed E-state index contributed by atoms with van der Waals surface area (Å²) in [6.07, 6.45) is 0.734. The maximum Gasteiger partial charge on any atom is 0.280 e. The summed E-state index contributed by atoms with van der Waals surface area (Å²) in [6, 6.07) is 7.44. The molecule has 0 aliphatic heterocycles. The summed E-state index contributed by atoms with van der Waals surface area (Å²) in [7, 11) is 3.69. The third-order valence-electron chi connectivity index (χ3n) is 2.54. The van der Waals surface area contributed by atoms with Gasteiger partial charge in [0.2, 0.25) is 0 Å². The molecule has 0 aliphatic carbocycles. The van der Waals surface area contributed by atoms with Gasteiger partial charge in [0.15, 0.2) is 0 Å². The van der Waals surface area contributed by atoms with Gasteiger partial charge >= 0.3 is 0 Å². The largest absolute Gasteiger partial charge is 0.315 e. The van der Waals surface area contributed by atoms with E-state index in [1.807, 2.05) is 45.3 Å². The van der Waals surface area contributed by atoms with E-state index < -0.39 is 0 Å². The first-order chi connectivity index (χ1) is 7.65. The number of aromatic nitrogens is 2. The van der Waals surface area contributed by atoms with Crippen molar-refractivity contribution in [3.8, 4) is 0 Å². The number of benzene rings is 1. The highest BCUT2D eigenvalue weighted by Gasteiger charge is 2.09. The van der Waals surface area contributed by atoms with Gasteiger partial charge in [0.25, 0.3) is 5.56 Å². The molecule has 0 atom stereocenters. The number of hydrogen-bond donors (Lipinski definition) is 0. The van der Waals surface area contributed by atoms with Crippen LogP contribution < -0.4 is 10.6 Å². The van der Waals surface area contributed by atoms with Crippen molar-refractivity contribution in [2.75, 3.05) is 19.1 Å². The van der Waals surface area contributed by atoms with Crippen LogP contribution in [0.4, 0.5) is 0 Å². The predicted molar refractivity (Wildman–Crippen MR) is 65.4 cm³/mol. The number of rotatable bonds is 2. The third-order valence-corrected chi connectivity index (χ3v) is 2.54. The smallest absolute Gasteiger partial charge is 0.280 e. The Morgan fingerprint density at radius 1 is 1.31 bits per heavy atom. The molecule has 16 heavy (non-hydrogen) atoms. The molecule has 0 fully saturated rings. The predicted octanol–water partition coefficient (Wildman–Crippen LogP) is 1.16. The van der Waals surface area contributed by atoms with Crippen LogP contribution in [0.3, 0.4) is 0 Å². The topological polar surface area (TPSA) is 38.1 Å². The van der Waals surface area contributed by atoms with Gasteiger partial charge in [-0.15, -0.1) is 0 Å². The quantitative estimate of drug-likeness (QED) is 0.757. The first-order valence-electron chi connectivity index (χ1n) is 5.33. The van der Waals surface area contributed by atoms with Crippen molar-refractivity contribution >= 4 is 10.9 Å². The summed E-state index contributed by atoms with van der Waals surface area (Å²) in [5.74, 6) is 0.786. The molecule has 84 valence electrons. The zero-order chi connectivity index (χ0) is 11.7. The van der Waals surface area contributed by atoms with Gasteiger partial charge in [0, 0.05) is 20.5 Å². The van der Waals surface area contributed by atoms with E-state index in [1.165, 1.54) is 0 Å². The van der Waals surface area contributed by atoms with Crippen molar-refractivity contribution < 1.29 is 0 Å². The van der Waals surface area contributed by atoms with Crippen molar-refractivity contribution in [3.63, 3.8) is 0 Å². The summed E-state index contributed by atoms with van der Waals surface area (Å²) < 4.78 is 1.61. The fourth-order valence-corrected chi connectivity index (χ4v) is 1.81. The molecule has 1 aromatic heterocycles. The van der Waals surface area contributed by atoms with Gasteiger partial charge in [-0.1, -0.05) is 19.1 Å². The van der Waals surface area contributed by atoms with Crippen LogP contribution in [0.1, 0.15) is 12.7 Å². The van der Waals surface area contributed by atoms with Gasteiger partial charge in [-0.2, -0.15) is 0 Å². The minimum absolute atomic E-state index is 0.00699. The van der Waals surface area contributed by atoms with Gasteiger partial charge in [0.05, 0.1) is 10.9 Å². The van der Waals surface area contributed by atoms with Gasteiger partial charge in [-0.25, -0.2) is 9.66 Å². The minimum Gasteiger partial charge on any atom is -0.315 e. The molecular weight excluding hydrogens is 202 g/mol. The lowest BCUT2D eigenvalue weighted by molar-refractivity contribution is 0.644. The van der Waals surface area contributed by atoms with Crippen LogP contribution in [0.5, 0.6) is 0 Å². The Kier molecular flexibility index (Phi) is 2.64. The Morgan fingerprint density at radius 3 is 2.62 bits per heavy atom. The highest BCUT2D eigenvalue weighted by Crippen LogP contribution is 2.07. The normalized spacial score (nSPS) is 10.7. The molecule has 0 saturated carbocycles. The summed E-state index contributed by atoms with van der Waals surface area (Å²) in [5, 5.41) is 2.43. The molecule has 0 bridgehead atoms. The maximum absolute atomic E-state index is 12.2. The van der Waals surface area contributed by atoms with E-state index in [0.29, 0.717) is 5.39 Å². The lowest BCUT2D eigenvalue weighted by atomic mass is 10.2. The molecule has 2 rings (SSSR count). The highest BCUT2D eigenvalue weighted by molar-refractivity contribution is 5.77. The molecule has 0 saturated heterocycles. The Balaban J connectivity index is 2.88. The van der Waals surface area contributed by atoms with E-state index in [4.69, 9.17) is 0 Å². The zero-order valence-corrected chi connectivity index (χ0v) is 9.77. The van der Waals surface area contributed by atoms with E-state index in [2.05, 4.69) is 4.98 Å². The second kappa shape index (κ2) is 3.96. The molecular formula is C12H15N3O. The Morgan fingerprint density at radius 2 is 2.00 bits per heavy atom. The van der Waals surface area contributed by atoms with Crippen LogP contribution in [0.25, 0.3) is 10.9 Å². The molecule has 0 aliphatic rings. The average molecular weight is 217 g/mol. The van der Waals surface area contributed by atoms with Crippen LogP contribution in [-0.2, 0) is 6.42 Å². The second-order valence-electron chi connectivity index (χ2n) is 3.86. The van der Waals surface area contributed by atoms with Crippen LogP contribution in [0, 0.1) is 0 Å². The van der Waals surface area contributed by atoms with E-state index in [1.54, 1.807) is 9.69 Å². The Bertz CT molecular complexity index is 572. The standard InChI is InChI=1S/C12H15N3O/c1-4-11-13-10-8-6-5-7-9(10)12(16)15(11)14(2)3/h5-8H,4H2,1-3H3. The van der Waals surface area contributed by atoms with Gasteiger partial charge in [-0.3, -0.25) is 4.79 Å². The van der Waals surface area contributed by atoms with Gasteiger partial charge in [0.1, 0.15) is 5.82 Å². The van der Waals surface area contributed by atoms with Gasteiger partial charge < -0.3 is 5.01 Å². The third kappa shape index (κ3) is 1.56. The first-order valence-corrected chi connectivity index (χ1v) is 5.33. The summed E-state index contributed by atoms with van der Waals surface area (Å²) >= 11 is 0. The van der Waals surface area contributed by atoms with E-state index in [0.717, 1.165) is 17.8 Å². The summed E-state index contributed by atoms with van der Waals surface area (Å²) in [6.45, 7) is 2.00. The Labute approximate surface area is 94.1 Å². The number of aryl methyl sites for hydroxylation is 1. The van der Waals surface area contributed by atoms with E-state index in [-0.39, 0.29) is 5.56 Å². The van der Waals surface area contributed by atoms with Crippen LogP contribution >= 0.6 is 0 Å². The monoisotopic (exact) mass is 217 g/mol. The van der Waals surface area contributed by atoms with E-state index >= 15 is 0 Å². The SMILES string of the molecule is CCc1nc2ccccc2c(=O)n1N(C)C. The van der Waals surface area contributed by atoms with Crippen LogP contribution in [-0.4, -0.2) is 23.8 Å². The van der Waals surface area contributed by atoms with Crippen molar-refractivity contribution in [1.82, 2.24) is 9.66 Å².